The first kappa shape index (κ1) is 21.8. The van der Waals surface area contributed by atoms with Crippen LogP contribution in [0.4, 0.5) is 5.69 Å². The largest absolute Gasteiger partial charge is 0.350 e. The highest BCUT2D eigenvalue weighted by molar-refractivity contribution is 7.12. The van der Waals surface area contributed by atoms with Crippen molar-refractivity contribution in [2.24, 2.45) is 0 Å². The van der Waals surface area contributed by atoms with Gasteiger partial charge in [-0.2, -0.15) is 0 Å². The van der Waals surface area contributed by atoms with Crippen LogP contribution in [0.2, 0.25) is 10.0 Å². The third-order valence-electron chi connectivity index (χ3n) is 4.03. The van der Waals surface area contributed by atoms with Gasteiger partial charge < -0.3 is 16.0 Å². The summed E-state index contributed by atoms with van der Waals surface area (Å²) in [7, 11) is 0. The molecule has 3 amide bonds. The second kappa shape index (κ2) is 10.2. The fourth-order valence-electron chi connectivity index (χ4n) is 2.49. The fraction of sp³-hybridized carbons (Fsp3) is 0.0952. The number of hydrogen-bond acceptors (Lipinski definition) is 4. The van der Waals surface area contributed by atoms with Crippen LogP contribution in [0.5, 0.6) is 0 Å². The summed E-state index contributed by atoms with van der Waals surface area (Å²) in [6.45, 7) is 0.617. The molecule has 0 fully saturated rings. The molecule has 0 aliphatic rings. The maximum Gasteiger partial charge on any atom is 0.261 e. The molecule has 2 aromatic carbocycles. The van der Waals surface area contributed by atoms with E-state index in [-0.39, 0.29) is 17.7 Å². The van der Waals surface area contributed by atoms with Crippen LogP contribution in [-0.2, 0) is 0 Å². The van der Waals surface area contributed by atoms with Gasteiger partial charge in [-0.05, 0) is 53.9 Å². The first-order valence-electron chi connectivity index (χ1n) is 8.90. The lowest BCUT2D eigenvalue weighted by Crippen LogP contribution is -2.34. The molecule has 3 aromatic rings. The lowest BCUT2D eigenvalue weighted by Gasteiger charge is -2.09. The average Bonchev–Trinajstić information content (AvgIpc) is 3.28. The van der Waals surface area contributed by atoms with Gasteiger partial charge in [0.1, 0.15) is 0 Å². The predicted octanol–water partition coefficient (Wildman–Crippen LogP) is 4.47. The van der Waals surface area contributed by atoms with Gasteiger partial charge >= 0.3 is 0 Å². The van der Waals surface area contributed by atoms with E-state index in [9.17, 15) is 14.4 Å². The molecular formula is C21H17Cl2N3O3S. The smallest absolute Gasteiger partial charge is 0.261 e. The van der Waals surface area contributed by atoms with Crippen LogP contribution in [0.15, 0.2) is 60.0 Å². The number of thiophene rings is 1. The number of carbonyl (C=O) groups is 3. The predicted molar refractivity (Wildman–Crippen MR) is 120 cm³/mol. The molecule has 9 heteroatoms. The van der Waals surface area contributed by atoms with Crippen molar-refractivity contribution in [1.29, 1.82) is 0 Å². The third kappa shape index (κ3) is 5.82. The number of carbonyl (C=O) groups excluding carboxylic acids is 3. The summed E-state index contributed by atoms with van der Waals surface area (Å²) in [6.07, 6.45) is 0. The third-order valence-corrected chi connectivity index (χ3v) is 5.64. The van der Waals surface area contributed by atoms with Gasteiger partial charge in [0, 0.05) is 29.9 Å². The molecule has 30 heavy (non-hydrogen) atoms. The highest BCUT2D eigenvalue weighted by Crippen LogP contribution is 2.23. The van der Waals surface area contributed by atoms with Gasteiger partial charge in [0.2, 0.25) is 0 Å². The van der Waals surface area contributed by atoms with Crippen molar-refractivity contribution in [3.63, 3.8) is 0 Å². The molecule has 0 aliphatic carbocycles. The van der Waals surface area contributed by atoms with Crippen LogP contribution in [-0.4, -0.2) is 30.8 Å². The topological polar surface area (TPSA) is 87.3 Å². The molecule has 0 saturated heterocycles. The van der Waals surface area contributed by atoms with Crippen LogP contribution >= 0.6 is 34.5 Å². The summed E-state index contributed by atoms with van der Waals surface area (Å²) in [5.41, 5.74) is 1.34. The summed E-state index contributed by atoms with van der Waals surface area (Å²) in [4.78, 5) is 36.9. The second-order valence-corrected chi connectivity index (χ2v) is 7.91. The van der Waals surface area contributed by atoms with Crippen molar-refractivity contribution < 1.29 is 14.4 Å². The number of amides is 3. The highest BCUT2D eigenvalue weighted by Gasteiger charge is 2.10. The molecule has 0 atom stereocenters. The Morgan fingerprint density at radius 2 is 1.43 bits per heavy atom. The molecule has 0 aliphatic heterocycles. The Morgan fingerprint density at radius 3 is 2.07 bits per heavy atom. The van der Waals surface area contributed by atoms with Crippen molar-refractivity contribution in [2.75, 3.05) is 18.4 Å². The lowest BCUT2D eigenvalue weighted by atomic mass is 10.1. The number of nitrogens with one attached hydrogen (secondary N) is 3. The van der Waals surface area contributed by atoms with E-state index >= 15 is 0 Å². The van der Waals surface area contributed by atoms with Crippen molar-refractivity contribution in [1.82, 2.24) is 10.6 Å². The maximum atomic E-state index is 12.3. The zero-order chi connectivity index (χ0) is 21.5. The Bertz CT molecular complexity index is 1050. The average molecular weight is 462 g/mol. The monoisotopic (exact) mass is 461 g/mol. The van der Waals surface area contributed by atoms with Crippen molar-refractivity contribution >= 4 is 57.9 Å². The minimum absolute atomic E-state index is 0.165. The van der Waals surface area contributed by atoms with Gasteiger partial charge in [0.15, 0.2) is 0 Å². The molecule has 0 radical (unpaired) electrons. The summed E-state index contributed by atoms with van der Waals surface area (Å²) in [5.74, 6) is -0.781. The summed E-state index contributed by atoms with van der Waals surface area (Å²) in [6, 6.07) is 14.6. The molecule has 1 heterocycles. The van der Waals surface area contributed by atoms with Crippen molar-refractivity contribution in [3.8, 4) is 0 Å². The number of anilines is 1. The molecule has 0 saturated carbocycles. The normalized spacial score (nSPS) is 10.3. The van der Waals surface area contributed by atoms with E-state index in [1.807, 2.05) is 5.38 Å². The van der Waals surface area contributed by atoms with Crippen molar-refractivity contribution in [2.45, 2.75) is 0 Å². The Kier molecular flexibility index (Phi) is 7.46. The quantitative estimate of drug-likeness (QED) is 0.453. The molecular weight excluding hydrogens is 445 g/mol. The van der Waals surface area contributed by atoms with Gasteiger partial charge in [-0.25, -0.2) is 0 Å². The SMILES string of the molecule is O=C(NCCNC(=O)c1cccs1)c1ccc(NC(=O)c2ccc(Cl)c(Cl)c2)cc1. The van der Waals surface area contributed by atoms with Gasteiger partial charge in [-0.3, -0.25) is 14.4 Å². The number of halogens is 2. The maximum absolute atomic E-state index is 12.3. The van der Waals surface area contributed by atoms with E-state index < -0.39 is 0 Å². The van der Waals surface area contributed by atoms with E-state index in [4.69, 9.17) is 23.2 Å². The summed E-state index contributed by atoms with van der Waals surface area (Å²) >= 11 is 13.1. The summed E-state index contributed by atoms with van der Waals surface area (Å²) < 4.78 is 0. The van der Waals surface area contributed by atoms with Crippen LogP contribution in [0, 0.1) is 0 Å². The minimum Gasteiger partial charge on any atom is -0.350 e. The zero-order valence-electron chi connectivity index (χ0n) is 15.6. The van der Waals surface area contributed by atoms with E-state index in [0.29, 0.717) is 44.8 Å². The van der Waals surface area contributed by atoms with E-state index in [2.05, 4.69) is 16.0 Å². The molecule has 3 N–H and O–H groups in total. The molecule has 154 valence electrons. The number of benzene rings is 2. The van der Waals surface area contributed by atoms with E-state index in [1.165, 1.54) is 17.4 Å². The molecule has 1 aromatic heterocycles. The molecule has 6 nitrogen and oxygen atoms in total. The van der Waals surface area contributed by atoms with Crippen molar-refractivity contribution in [3.05, 3.63) is 86.0 Å². The lowest BCUT2D eigenvalue weighted by molar-refractivity contribution is 0.0929. The molecule has 3 rings (SSSR count). The first-order valence-corrected chi connectivity index (χ1v) is 10.5. The second-order valence-electron chi connectivity index (χ2n) is 6.15. The Labute approximate surface area is 187 Å². The zero-order valence-corrected chi connectivity index (χ0v) is 17.9. The van der Waals surface area contributed by atoms with E-state index in [1.54, 1.807) is 48.5 Å². The van der Waals surface area contributed by atoms with E-state index in [0.717, 1.165) is 0 Å². The van der Waals surface area contributed by atoms with Crippen LogP contribution in [0.1, 0.15) is 30.4 Å². The fourth-order valence-corrected chi connectivity index (χ4v) is 3.43. The van der Waals surface area contributed by atoms with Gasteiger partial charge in [-0.1, -0.05) is 29.3 Å². The van der Waals surface area contributed by atoms with Gasteiger partial charge in [0.25, 0.3) is 17.7 Å². The molecule has 0 bridgehead atoms. The summed E-state index contributed by atoms with van der Waals surface area (Å²) in [5, 5.41) is 10.7. The number of rotatable bonds is 7. The van der Waals surface area contributed by atoms with Crippen LogP contribution < -0.4 is 16.0 Å². The standard InChI is InChI=1S/C21H17Cl2N3O3S/c22-16-8-5-14(12-17(16)23)20(28)26-15-6-3-13(4-7-15)19(27)24-9-10-25-21(29)18-2-1-11-30-18/h1-8,11-12H,9-10H2,(H,24,27)(H,25,29)(H,26,28). The molecule has 0 spiro atoms. The Morgan fingerprint density at radius 1 is 0.767 bits per heavy atom. The minimum atomic E-state index is -0.341. The van der Waals surface area contributed by atoms with Crippen LogP contribution in [0.25, 0.3) is 0 Å². The molecule has 0 unspecified atom stereocenters. The van der Waals surface area contributed by atoms with Gasteiger partial charge in [0.05, 0.1) is 14.9 Å². The highest BCUT2D eigenvalue weighted by atomic mass is 35.5. The Hall–Kier alpha value is -2.87. The first-order chi connectivity index (χ1) is 14.4. The Balaban J connectivity index is 1.47. The van der Waals surface area contributed by atoms with Crippen LogP contribution in [0.3, 0.4) is 0 Å². The number of hydrogen-bond donors (Lipinski definition) is 3. The van der Waals surface area contributed by atoms with Gasteiger partial charge in [-0.15, -0.1) is 11.3 Å².